The second kappa shape index (κ2) is 4.40. The number of carbonyl (C=O) groups excluding carboxylic acids is 2. The average Bonchev–Trinajstić information content (AvgIpc) is 2.16. The van der Waals surface area contributed by atoms with Crippen molar-refractivity contribution in [2.24, 2.45) is 0 Å². The molecule has 13 heavy (non-hydrogen) atoms. The van der Waals surface area contributed by atoms with E-state index >= 15 is 0 Å². The predicted octanol–water partition coefficient (Wildman–Crippen LogP) is 0.810. The Morgan fingerprint density at radius 3 is 2.54 bits per heavy atom. The lowest BCUT2D eigenvalue weighted by molar-refractivity contribution is -0.131. The van der Waals surface area contributed by atoms with Gasteiger partial charge in [0, 0.05) is 6.54 Å². The van der Waals surface area contributed by atoms with Gasteiger partial charge < -0.3 is 5.32 Å². The Morgan fingerprint density at radius 1 is 1.38 bits per heavy atom. The van der Waals surface area contributed by atoms with Crippen molar-refractivity contribution in [3.63, 3.8) is 0 Å². The van der Waals surface area contributed by atoms with Crippen LogP contribution < -0.4 is 5.32 Å². The molecule has 1 aromatic rings. The van der Waals surface area contributed by atoms with Gasteiger partial charge in [0.2, 0.25) is 6.29 Å². The van der Waals surface area contributed by atoms with Crippen LogP contribution in [-0.4, -0.2) is 12.2 Å². The Labute approximate surface area is 76.8 Å². The molecule has 0 aliphatic heterocycles. The van der Waals surface area contributed by atoms with Gasteiger partial charge in [-0.2, -0.15) is 0 Å². The number of rotatable bonds is 3. The third kappa shape index (κ3) is 3.07. The van der Waals surface area contributed by atoms with Crippen molar-refractivity contribution in [2.45, 2.75) is 13.5 Å². The summed E-state index contributed by atoms with van der Waals surface area (Å²) in [7, 11) is 0. The molecule has 0 saturated heterocycles. The van der Waals surface area contributed by atoms with Crippen LogP contribution in [-0.2, 0) is 16.1 Å². The summed E-state index contributed by atoms with van der Waals surface area (Å²) in [6, 6.07) is 7.76. The first kappa shape index (κ1) is 9.45. The summed E-state index contributed by atoms with van der Waals surface area (Å²) in [5.41, 5.74) is 2.16. The standard InChI is InChI=1S/C10H11NO2/c1-8-2-4-9(5-3-8)6-11-10(13)7-12/h2-5,7H,6H2,1H3,(H,11,13). The van der Waals surface area contributed by atoms with Gasteiger partial charge in [0.25, 0.3) is 5.91 Å². The molecule has 3 nitrogen and oxygen atoms in total. The first-order valence-corrected chi connectivity index (χ1v) is 4.01. The van der Waals surface area contributed by atoms with Crippen LogP contribution in [0.3, 0.4) is 0 Å². The minimum atomic E-state index is -0.583. The quantitative estimate of drug-likeness (QED) is 0.548. The van der Waals surface area contributed by atoms with Crippen molar-refractivity contribution in [3.8, 4) is 0 Å². The van der Waals surface area contributed by atoms with E-state index in [2.05, 4.69) is 5.32 Å². The third-order valence-electron chi connectivity index (χ3n) is 1.69. The van der Waals surface area contributed by atoms with Crippen LogP contribution in [0.2, 0.25) is 0 Å². The molecule has 0 bridgehead atoms. The Balaban J connectivity index is 2.50. The minimum Gasteiger partial charge on any atom is -0.346 e. The topological polar surface area (TPSA) is 46.2 Å². The molecule has 1 N–H and O–H groups in total. The van der Waals surface area contributed by atoms with Gasteiger partial charge in [-0.1, -0.05) is 29.8 Å². The van der Waals surface area contributed by atoms with Crippen molar-refractivity contribution in [1.82, 2.24) is 5.32 Å². The number of aryl methyl sites for hydroxylation is 1. The largest absolute Gasteiger partial charge is 0.346 e. The maximum Gasteiger partial charge on any atom is 0.284 e. The lowest BCUT2D eigenvalue weighted by atomic mass is 10.1. The van der Waals surface area contributed by atoms with Gasteiger partial charge in [-0.25, -0.2) is 0 Å². The molecule has 1 aromatic carbocycles. The van der Waals surface area contributed by atoms with Crippen molar-refractivity contribution in [1.29, 1.82) is 0 Å². The number of hydrogen-bond donors (Lipinski definition) is 1. The average molecular weight is 177 g/mol. The highest BCUT2D eigenvalue weighted by molar-refractivity contribution is 6.23. The molecule has 0 fully saturated rings. The van der Waals surface area contributed by atoms with Gasteiger partial charge in [0.05, 0.1) is 0 Å². The number of carbonyl (C=O) groups is 2. The van der Waals surface area contributed by atoms with E-state index in [1.165, 1.54) is 5.56 Å². The summed E-state index contributed by atoms with van der Waals surface area (Å²) in [6.45, 7) is 2.39. The number of benzene rings is 1. The highest BCUT2D eigenvalue weighted by Crippen LogP contribution is 2.01. The summed E-state index contributed by atoms with van der Waals surface area (Å²) >= 11 is 0. The normalized spacial score (nSPS) is 9.31. The van der Waals surface area contributed by atoms with Crippen molar-refractivity contribution >= 4 is 12.2 Å². The number of hydrogen-bond acceptors (Lipinski definition) is 2. The van der Waals surface area contributed by atoms with Crippen LogP contribution in [0.1, 0.15) is 11.1 Å². The first-order valence-electron chi connectivity index (χ1n) is 4.01. The highest BCUT2D eigenvalue weighted by Gasteiger charge is 1.96. The van der Waals surface area contributed by atoms with E-state index in [-0.39, 0.29) is 6.29 Å². The molecule has 0 spiro atoms. The molecule has 0 aliphatic carbocycles. The fourth-order valence-corrected chi connectivity index (χ4v) is 0.937. The lowest BCUT2D eigenvalue weighted by Gasteiger charge is -2.01. The Morgan fingerprint density at radius 2 is 2.00 bits per heavy atom. The molecular weight excluding hydrogens is 166 g/mol. The van der Waals surface area contributed by atoms with Crippen LogP contribution in [0.25, 0.3) is 0 Å². The van der Waals surface area contributed by atoms with Crippen molar-refractivity contribution < 1.29 is 9.59 Å². The summed E-state index contributed by atoms with van der Waals surface area (Å²) in [5, 5.41) is 2.46. The van der Waals surface area contributed by atoms with E-state index in [0.717, 1.165) is 5.56 Å². The summed E-state index contributed by atoms with van der Waals surface area (Å²) in [5.74, 6) is -0.583. The molecule has 1 rings (SSSR count). The SMILES string of the molecule is Cc1ccc(CNC(=O)C=O)cc1. The van der Waals surface area contributed by atoms with Crippen LogP contribution in [0.5, 0.6) is 0 Å². The maximum absolute atomic E-state index is 10.6. The molecule has 0 aliphatic rings. The number of aldehydes is 1. The van der Waals surface area contributed by atoms with Gasteiger partial charge in [-0.3, -0.25) is 9.59 Å². The van der Waals surface area contributed by atoms with Gasteiger partial charge in [0.1, 0.15) is 0 Å². The molecule has 3 heteroatoms. The van der Waals surface area contributed by atoms with E-state index < -0.39 is 5.91 Å². The monoisotopic (exact) mass is 177 g/mol. The Kier molecular flexibility index (Phi) is 3.20. The Hall–Kier alpha value is -1.64. The summed E-state index contributed by atoms with van der Waals surface area (Å²) in [4.78, 5) is 20.5. The van der Waals surface area contributed by atoms with E-state index in [4.69, 9.17) is 0 Å². The molecule has 0 radical (unpaired) electrons. The van der Waals surface area contributed by atoms with Gasteiger partial charge in [-0.15, -0.1) is 0 Å². The molecular formula is C10H11NO2. The van der Waals surface area contributed by atoms with E-state index in [1.54, 1.807) is 0 Å². The molecule has 0 heterocycles. The predicted molar refractivity (Wildman–Crippen MR) is 49.1 cm³/mol. The molecule has 0 atom stereocenters. The van der Waals surface area contributed by atoms with Crippen LogP contribution in [0.15, 0.2) is 24.3 Å². The molecule has 0 unspecified atom stereocenters. The maximum atomic E-state index is 10.6. The Bertz CT molecular complexity index is 303. The first-order chi connectivity index (χ1) is 6.22. The van der Waals surface area contributed by atoms with Crippen molar-refractivity contribution in [3.05, 3.63) is 35.4 Å². The number of nitrogens with one attached hydrogen (secondary N) is 1. The second-order valence-corrected chi connectivity index (χ2v) is 2.82. The molecule has 0 aromatic heterocycles. The minimum absolute atomic E-state index is 0.272. The molecule has 68 valence electrons. The fourth-order valence-electron chi connectivity index (χ4n) is 0.937. The lowest BCUT2D eigenvalue weighted by Crippen LogP contribution is -2.23. The van der Waals surface area contributed by atoms with Crippen LogP contribution >= 0.6 is 0 Å². The van der Waals surface area contributed by atoms with Crippen LogP contribution in [0.4, 0.5) is 0 Å². The van der Waals surface area contributed by atoms with E-state index in [0.29, 0.717) is 6.54 Å². The zero-order valence-electron chi connectivity index (χ0n) is 7.41. The molecule has 0 saturated carbocycles. The highest BCUT2D eigenvalue weighted by atomic mass is 16.2. The third-order valence-corrected chi connectivity index (χ3v) is 1.69. The van der Waals surface area contributed by atoms with Gasteiger partial charge in [-0.05, 0) is 12.5 Å². The summed E-state index contributed by atoms with van der Waals surface area (Å²) < 4.78 is 0. The zero-order chi connectivity index (χ0) is 9.68. The molecule has 1 amide bonds. The van der Waals surface area contributed by atoms with E-state index in [9.17, 15) is 9.59 Å². The fraction of sp³-hybridized carbons (Fsp3) is 0.200. The van der Waals surface area contributed by atoms with Crippen molar-refractivity contribution in [2.75, 3.05) is 0 Å². The smallest absolute Gasteiger partial charge is 0.284 e. The second-order valence-electron chi connectivity index (χ2n) is 2.82. The van der Waals surface area contributed by atoms with E-state index in [1.807, 2.05) is 31.2 Å². The zero-order valence-corrected chi connectivity index (χ0v) is 7.41. The number of amides is 1. The van der Waals surface area contributed by atoms with Gasteiger partial charge in [0.15, 0.2) is 0 Å². The van der Waals surface area contributed by atoms with Gasteiger partial charge >= 0.3 is 0 Å². The van der Waals surface area contributed by atoms with Crippen LogP contribution in [0, 0.1) is 6.92 Å². The summed E-state index contributed by atoms with van der Waals surface area (Å²) in [6.07, 6.45) is 0.272.